The third-order valence-electron chi connectivity index (χ3n) is 3.23. The van der Waals surface area contributed by atoms with Crippen LogP contribution in [0.3, 0.4) is 0 Å². The van der Waals surface area contributed by atoms with Gasteiger partial charge < -0.3 is 9.88 Å². The van der Waals surface area contributed by atoms with Crippen LogP contribution in [-0.4, -0.2) is 14.8 Å². The van der Waals surface area contributed by atoms with Gasteiger partial charge in [-0.2, -0.15) is 5.10 Å². The third-order valence-corrected chi connectivity index (χ3v) is 3.23. The zero-order valence-corrected chi connectivity index (χ0v) is 11.1. The van der Waals surface area contributed by atoms with E-state index in [0.717, 1.165) is 36.1 Å². The fourth-order valence-corrected chi connectivity index (χ4v) is 2.24. The second-order valence-corrected chi connectivity index (χ2v) is 4.78. The van der Waals surface area contributed by atoms with Crippen LogP contribution in [-0.2, 0) is 13.1 Å². The van der Waals surface area contributed by atoms with Crippen molar-refractivity contribution in [2.75, 3.05) is 5.32 Å². The first-order valence-electron chi connectivity index (χ1n) is 6.67. The van der Waals surface area contributed by atoms with Gasteiger partial charge in [0, 0.05) is 36.6 Å². The summed E-state index contributed by atoms with van der Waals surface area (Å²) in [5, 5.41) is 11.6. The van der Waals surface area contributed by atoms with Gasteiger partial charge in [-0.3, -0.25) is 5.10 Å². The van der Waals surface area contributed by atoms with Gasteiger partial charge in [0.1, 0.15) is 0 Å². The molecule has 3 rings (SSSR count). The van der Waals surface area contributed by atoms with Crippen LogP contribution in [0.25, 0.3) is 10.9 Å². The summed E-state index contributed by atoms with van der Waals surface area (Å²) in [6.07, 6.45) is 7.34. The zero-order valence-electron chi connectivity index (χ0n) is 11.1. The van der Waals surface area contributed by atoms with Crippen molar-refractivity contribution < 1.29 is 0 Å². The fraction of sp³-hybridized carbons (Fsp3) is 0.267. The molecule has 4 heteroatoms. The van der Waals surface area contributed by atoms with E-state index in [2.05, 4.69) is 63.7 Å². The molecule has 0 fully saturated rings. The van der Waals surface area contributed by atoms with E-state index in [0.29, 0.717) is 0 Å². The molecule has 2 N–H and O–H groups in total. The average molecular weight is 254 g/mol. The van der Waals surface area contributed by atoms with E-state index in [4.69, 9.17) is 0 Å². The van der Waals surface area contributed by atoms with E-state index in [1.54, 1.807) is 0 Å². The summed E-state index contributed by atoms with van der Waals surface area (Å²) in [5.74, 6) is 0. The van der Waals surface area contributed by atoms with Crippen molar-refractivity contribution in [2.24, 2.45) is 0 Å². The Balaban J connectivity index is 1.67. The molecule has 0 aliphatic heterocycles. The number of anilines is 1. The lowest BCUT2D eigenvalue weighted by molar-refractivity contribution is 0.682. The molecule has 0 aliphatic carbocycles. The maximum Gasteiger partial charge on any atom is 0.0670 e. The van der Waals surface area contributed by atoms with Crippen LogP contribution in [0.15, 0.2) is 42.9 Å². The second kappa shape index (κ2) is 5.18. The molecule has 0 radical (unpaired) electrons. The van der Waals surface area contributed by atoms with E-state index < -0.39 is 0 Å². The molecule has 0 atom stereocenters. The Bertz CT molecular complexity index is 665. The Morgan fingerprint density at radius 3 is 3.16 bits per heavy atom. The molecule has 0 unspecified atom stereocenters. The van der Waals surface area contributed by atoms with Gasteiger partial charge in [-0.25, -0.2) is 0 Å². The zero-order chi connectivity index (χ0) is 13.1. The van der Waals surface area contributed by atoms with Crippen molar-refractivity contribution in [1.82, 2.24) is 14.8 Å². The first-order valence-corrected chi connectivity index (χ1v) is 6.67. The topological polar surface area (TPSA) is 45.6 Å². The number of H-pyrrole nitrogens is 1. The number of fused-ring (bicyclic) bond motifs is 1. The number of hydrogen-bond donors (Lipinski definition) is 2. The van der Waals surface area contributed by atoms with Gasteiger partial charge in [0.05, 0.1) is 11.7 Å². The quantitative estimate of drug-likeness (QED) is 0.733. The van der Waals surface area contributed by atoms with E-state index >= 15 is 0 Å². The number of rotatable bonds is 5. The van der Waals surface area contributed by atoms with Gasteiger partial charge in [0.15, 0.2) is 0 Å². The number of aromatic nitrogens is 3. The van der Waals surface area contributed by atoms with E-state index in [1.165, 1.54) is 5.56 Å². The summed E-state index contributed by atoms with van der Waals surface area (Å²) in [7, 11) is 0. The van der Waals surface area contributed by atoms with Gasteiger partial charge in [0.2, 0.25) is 0 Å². The van der Waals surface area contributed by atoms with Crippen molar-refractivity contribution in [2.45, 2.75) is 26.4 Å². The summed E-state index contributed by atoms with van der Waals surface area (Å²) < 4.78 is 2.23. The molecule has 2 heterocycles. The Morgan fingerprint density at radius 2 is 2.26 bits per heavy atom. The number of benzene rings is 1. The number of aryl methyl sites for hydroxylation is 1. The largest absolute Gasteiger partial charge is 0.381 e. The third kappa shape index (κ3) is 2.62. The van der Waals surface area contributed by atoms with Crippen LogP contribution in [0.2, 0.25) is 0 Å². The van der Waals surface area contributed by atoms with Crippen LogP contribution in [0.4, 0.5) is 5.69 Å². The first kappa shape index (κ1) is 11.8. The Kier molecular flexibility index (Phi) is 3.23. The highest BCUT2D eigenvalue weighted by Crippen LogP contribution is 2.17. The van der Waals surface area contributed by atoms with Crippen LogP contribution < -0.4 is 5.32 Å². The van der Waals surface area contributed by atoms with Gasteiger partial charge in [-0.1, -0.05) is 6.92 Å². The monoisotopic (exact) mass is 254 g/mol. The minimum absolute atomic E-state index is 0.844. The predicted octanol–water partition coefficient (Wildman–Crippen LogP) is 3.39. The summed E-state index contributed by atoms with van der Waals surface area (Å²) in [6, 6.07) is 8.41. The summed E-state index contributed by atoms with van der Waals surface area (Å²) in [6.45, 7) is 4.12. The molecular weight excluding hydrogens is 236 g/mol. The van der Waals surface area contributed by atoms with Crippen molar-refractivity contribution in [3.8, 4) is 0 Å². The van der Waals surface area contributed by atoms with E-state index in [9.17, 15) is 0 Å². The van der Waals surface area contributed by atoms with E-state index in [-0.39, 0.29) is 0 Å². The highest BCUT2D eigenvalue weighted by Gasteiger charge is 1.99. The van der Waals surface area contributed by atoms with E-state index in [1.807, 2.05) is 6.20 Å². The van der Waals surface area contributed by atoms with Gasteiger partial charge in [0.25, 0.3) is 0 Å². The van der Waals surface area contributed by atoms with Crippen LogP contribution in [0.1, 0.15) is 18.9 Å². The van der Waals surface area contributed by atoms with Gasteiger partial charge in [-0.15, -0.1) is 0 Å². The number of aromatic amines is 1. The van der Waals surface area contributed by atoms with Crippen LogP contribution >= 0.6 is 0 Å². The predicted molar refractivity (Wildman–Crippen MR) is 78.1 cm³/mol. The standard InChI is InChI=1S/C15H18N4/c1-2-6-19-7-5-12(11-19)9-16-14-4-3-13-10-17-18-15(13)8-14/h3-5,7-8,10-11,16H,2,6,9H2,1H3,(H,17,18). The van der Waals surface area contributed by atoms with Crippen LogP contribution in [0, 0.1) is 0 Å². The normalized spacial score (nSPS) is 11.0. The second-order valence-electron chi connectivity index (χ2n) is 4.78. The number of nitrogens with zero attached hydrogens (tertiary/aromatic N) is 2. The Labute approximate surface area is 112 Å². The molecule has 3 aromatic rings. The minimum Gasteiger partial charge on any atom is -0.381 e. The average Bonchev–Trinajstić information content (AvgIpc) is 3.04. The fourth-order valence-electron chi connectivity index (χ4n) is 2.24. The lowest BCUT2D eigenvalue weighted by Crippen LogP contribution is -1.98. The molecule has 0 saturated carbocycles. The summed E-state index contributed by atoms with van der Waals surface area (Å²) in [5.41, 5.74) is 3.48. The van der Waals surface area contributed by atoms with Crippen molar-refractivity contribution in [3.05, 3.63) is 48.4 Å². The lowest BCUT2D eigenvalue weighted by Gasteiger charge is -2.05. The molecule has 98 valence electrons. The molecule has 0 spiro atoms. The highest BCUT2D eigenvalue weighted by molar-refractivity contribution is 5.81. The van der Waals surface area contributed by atoms with Crippen molar-refractivity contribution in [1.29, 1.82) is 0 Å². The number of hydrogen-bond acceptors (Lipinski definition) is 2. The molecule has 2 aromatic heterocycles. The van der Waals surface area contributed by atoms with Crippen molar-refractivity contribution in [3.63, 3.8) is 0 Å². The molecule has 0 aliphatic rings. The van der Waals surface area contributed by atoms with Gasteiger partial charge >= 0.3 is 0 Å². The van der Waals surface area contributed by atoms with Crippen LogP contribution in [0.5, 0.6) is 0 Å². The summed E-state index contributed by atoms with van der Waals surface area (Å²) >= 11 is 0. The van der Waals surface area contributed by atoms with Gasteiger partial charge in [-0.05, 0) is 36.2 Å². The molecule has 19 heavy (non-hydrogen) atoms. The summed E-state index contributed by atoms with van der Waals surface area (Å²) in [4.78, 5) is 0. The Hall–Kier alpha value is -2.23. The maximum atomic E-state index is 4.03. The maximum absolute atomic E-state index is 4.03. The molecule has 1 aromatic carbocycles. The lowest BCUT2D eigenvalue weighted by atomic mass is 10.2. The van der Waals surface area contributed by atoms with Crippen molar-refractivity contribution >= 4 is 16.6 Å². The molecule has 0 bridgehead atoms. The molecular formula is C15H18N4. The Morgan fingerprint density at radius 1 is 1.32 bits per heavy atom. The highest BCUT2D eigenvalue weighted by atomic mass is 15.1. The molecule has 0 amide bonds. The first-order chi connectivity index (χ1) is 9.35. The minimum atomic E-state index is 0.844. The SMILES string of the molecule is CCCn1ccc(CNc2ccc3cn[nH]c3c2)c1. The molecule has 4 nitrogen and oxygen atoms in total. The molecule has 0 saturated heterocycles. The smallest absolute Gasteiger partial charge is 0.0670 e. The number of nitrogens with one attached hydrogen (secondary N) is 2.